The van der Waals surface area contributed by atoms with Gasteiger partial charge in [0, 0.05) is 6.54 Å². The Morgan fingerprint density at radius 3 is 2.35 bits per heavy atom. The van der Waals surface area contributed by atoms with Gasteiger partial charge in [0.05, 0.1) is 18.2 Å². The summed E-state index contributed by atoms with van der Waals surface area (Å²) < 4.78 is 5.79. The molecule has 1 N–H and O–H groups in total. The summed E-state index contributed by atoms with van der Waals surface area (Å²) >= 11 is 0. The molecule has 1 amide bonds. The molecule has 31 heavy (non-hydrogen) atoms. The Balaban J connectivity index is 1.76. The van der Waals surface area contributed by atoms with Crippen molar-refractivity contribution in [1.29, 1.82) is 0 Å². The highest BCUT2D eigenvalue weighted by atomic mass is 16.5. The van der Waals surface area contributed by atoms with E-state index in [0.29, 0.717) is 24.5 Å². The van der Waals surface area contributed by atoms with E-state index in [1.54, 1.807) is 0 Å². The van der Waals surface area contributed by atoms with Crippen LogP contribution >= 0.6 is 0 Å². The normalized spacial score (nSPS) is 16.0. The summed E-state index contributed by atoms with van der Waals surface area (Å²) in [7, 11) is 0. The van der Waals surface area contributed by atoms with E-state index in [9.17, 15) is 4.79 Å². The first-order chi connectivity index (χ1) is 14.9. The number of piperidine rings is 1. The van der Waals surface area contributed by atoms with Gasteiger partial charge in [0.2, 0.25) is 0 Å². The van der Waals surface area contributed by atoms with E-state index in [-0.39, 0.29) is 17.4 Å². The molecule has 1 saturated heterocycles. The molecule has 4 heteroatoms. The lowest BCUT2D eigenvalue weighted by atomic mass is 9.86. The molecule has 3 rings (SSSR count). The predicted octanol–water partition coefficient (Wildman–Crippen LogP) is 5.73. The lowest BCUT2D eigenvalue weighted by molar-refractivity contribution is 0.0920. The molecular formula is C27H38N2O2. The number of para-hydroxylation sites is 1. The highest BCUT2D eigenvalue weighted by Crippen LogP contribution is 2.28. The van der Waals surface area contributed by atoms with Gasteiger partial charge < -0.3 is 10.1 Å². The van der Waals surface area contributed by atoms with Crippen molar-refractivity contribution in [3.63, 3.8) is 0 Å². The fourth-order valence-electron chi connectivity index (χ4n) is 4.17. The van der Waals surface area contributed by atoms with Gasteiger partial charge in [-0.2, -0.15) is 0 Å². The molecule has 0 bridgehead atoms. The van der Waals surface area contributed by atoms with Crippen LogP contribution in [0.1, 0.15) is 80.9 Å². The summed E-state index contributed by atoms with van der Waals surface area (Å²) in [4.78, 5) is 15.5. The molecule has 0 aromatic heterocycles. The number of rotatable bonds is 8. The Kier molecular flexibility index (Phi) is 8.14. The monoisotopic (exact) mass is 422 g/mol. The summed E-state index contributed by atoms with van der Waals surface area (Å²) in [6.07, 6.45) is 4.65. The molecule has 0 unspecified atom stereocenters. The minimum absolute atomic E-state index is 0.0694. The van der Waals surface area contributed by atoms with E-state index in [0.717, 1.165) is 19.5 Å². The van der Waals surface area contributed by atoms with E-state index < -0.39 is 0 Å². The van der Waals surface area contributed by atoms with Gasteiger partial charge in [0.1, 0.15) is 5.75 Å². The fraction of sp³-hybridized carbons (Fsp3) is 0.519. The SMILES string of the molecule is CCCOc1ccccc1C(=O)NC[C@H](c1ccc(C(C)(C)C)cc1)N1CCCCC1. The molecule has 1 atom stereocenters. The van der Waals surface area contributed by atoms with Crippen molar-refractivity contribution in [1.82, 2.24) is 10.2 Å². The summed E-state index contributed by atoms with van der Waals surface area (Å²) in [6.45, 7) is 12.1. The zero-order chi connectivity index (χ0) is 22.3. The maximum atomic E-state index is 13.0. The molecule has 1 aliphatic heterocycles. The summed E-state index contributed by atoms with van der Waals surface area (Å²) in [6, 6.07) is 16.7. The van der Waals surface area contributed by atoms with Gasteiger partial charge in [-0.1, -0.05) is 70.5 Å². The Morgan fingerprint density at radius 1 is 1.03 bits per heavy atom. The lowest BCUT2D eigenvalue weighted by Gasteiger charge is -2.35. The van der Waals surface area contributed by atoms with Crippen molar-refractivity contribution in [3.8, 4) is 5.75 Å². The topological polar surface area (TPSA) is 41.6 Å². The molecule has 4 nitrogen and oxygen atoms in total. The molecule has 0 aliphatic carbocycles. The molecule has 0 spiro atoms. The number of nitrogens with zero attached hydrogens (tertiary/aromatic N) is 1. The average Bonchev–Trinajstić information content (AvgIpc) is 2.78. The van der Waals surface area contributed by atoms with Crippen molar-refractivity contribution in [2.75, 3.05) is 26.2 Å². The van der Waals surface area contributed by atoms with Crippen LogP contribution in [0.3, 0.4) is 0 Å². The number of likely N-dealkylation sites (tertiary alicyclic amines) is 1. The quantitative estimate of drug-likeness (QED) is 0.591. The number of carbonyl (C=O) groups excluding carboxylic acids is 1. The van der Waals surface area contributed by atoms with Crippen molar-refractivity contribution in [2.24, 2.45) is 0 Å². The van der Waals surface area contributed by atoms with Crippen LogP contribution in [0.2, 0.25) is 0 Å². The van der Waals surface area contributed by atoms with Gasteiger partial charge >= 0.3 is 0 Å². The molecule has 0 saturated carbocycles. The van der Waals surface area contributed by atoms with Crippen LogP contribution in [0.4, 0.5) is 0 Å². The Hall–Kier alpha value is -2.33. The number of carbonyl (C=O) groups is 1. The standard InChI is InChI=1S/C27H38N2O2/c1-5-19-31-25-12-8-7-11-23(25)26(30)28-20-24(29-17-9-6-10-18-29)21-13-15-22(16-14-21)27(2,3)4/h7-8,11-16,24H,5-6,9-10,17-20H2,1-4H3,(H,28,30)/t24-/m1/s1. The second-order valence-corrected chi connectivity index (χ2v) is 9.54. The maximum Gasteiger partial charge on any atom is 0.255 e. The Morgan fingerprint density at radius 2 is 1.71 bits per heavy atom. The largest absolute Gasteiger partial charge is 0.493 e. The van der Waals surface area contributed by atoms with Crippen LogP contribution in [-0.4, -0.2) is 37.0 Å². The summed E-state index contributed by atoms with van der Waals surface area (Å²) in [5, 5.41) is 3.20. The summed E-state index contributed by atoms with van der Waals surface area (Å²) in [5.74, 6) is 0.589. The molecular weight excluding hydrogens is 384 g/mol. The van der Waals surface area contributed by atoms with E-state index in [1.165, 1.54) is 30.4 Å². The van der Waals surface area contributed by atoms with Crippen molar-refractivity contribution in [2.45, 2.75) is 64.8 Å². The molecule has 168 valence electrons. The number of hydrogen-bond acceptors (Lipinski definition) is 3. The summed E-state index contributed by atoms with van der Waals surface area (Å²) in [5.41, 5.74) is 3.34. The highest BCUT2D eigenvalue weighted by Gasteiger charge is 2.24. The number of ether oxygens (including phenoxy) is 1. The van der Waals surface area contributed by atoms with Crippen LogP contribution in [0.15, 0.2) is 48.5 Å². The first-order valence-corrected chi connectivity index (χ1v) is 11.7. The Bertz CT molecular complexity index is 833. The van der Waals surface area contributed by atoms with Crippen LogP contribution in [-0.2, 0) is 5.41 Å². The third kappa shape index (κ3) is 6.33. The smallest absolute Gasteiger partial charge is 0.255 e. The van der Waals surface area contributed by atoms with E-state index in [4.69, 9.17) is 4.74 Å². The second kappa shape index (κ2) is 10.8. The molecule has 2 aromatic rings. The molecule has 1 heterocycles. The van der Waals surface area contributed by atoms with E-state index >= 15 is 0 Å². The zero-order valence-electron chi connectivity index (χ0n) is 19.6. The number of hydrogen-bond donors (Lipinski definition) is 1. The average molecular weight is 423 g/mol. The first-order valence-electron chi connectivity index (χ1n) is 11.7. The number of benzene rings is 2. The van der Waals surface area contributed by atoms with Crippen molar-refractivity contribution >= 4 is 5.91 Å². The van der Waals surface area contributed by atoms with Crippen molar-refractivity contribution < 1.29 is 9.53 Å². The highest BCUT2D eigenvalue weighted by molar-refractivity contribution is 5.96. The van der Waals surface area contributed by atoms with E-state index in [2.05, 4.69) is 62.2 Å². The van der Waals surface area contributed by atoms with E-state index in [1.807, 2.05) is 24.3 Å². The van der Waals surface area contributed by atoms with Crippen LogP contribution in [0.25, 0.3) is 0 Å². The third-order valence-corrected chi connectivity index (χ3v) is 6.04. The number of nitrogens with one attached hydrogen (secondary N) is 1. The number of amides is 1. The van der Waals surface area contributed by atoms with Crippen LogP contribution < -0.4 is 10.1 Å². The molecule has 0 radical (unpaired) electrons. The van der Waals surface area contributed by atoms with Gasteiger partial charge in [-0.15, -0.1) is 0 Å². The first kappa shape index (κ1) is 23.3. The Labute approximate surface area is 188 Å². The minimum Gasteiger partial charge on any atom is -0.493 e. The predicted molar refractivity (Wildman–Crippen MR) is 128 cm³/mol. The zero-order valence-corrected chi connectivity index (χ0v) is 19.6. The minimum atomic E-state index is -0.0694. The van der Waals surface area contributed by atoms with Crippen LogP contribution in [0, 0.1) is 0 Å². The molecule has 1 aliphatic rings. The van der Waals surface area contributed by atoms with Gasteiger partial charge in [-0.25, -0.2) is 0 Å². The van der Waals surface area contributed by atoms with Gasteiger partial charge in [-0.3, -0.25) is 9.69 Å². The lowest BCUT2D eigenvalue weighted by Crippen LogP contribution is -2.40. The van der Waals surface area contributed by atoms with Crippen molar-refractivity contribution in [3.05, 3.63) is 65.2 Å². The van der Waals surface area contributed by atoms with Gasteiger partial charge in [-0.05, 0) is 61.0 Å². The van der Waals surface area contributed by atoms with Crippen LogP contribution in [0.5, 0.6) is 5.75 Å². The molecule has 2 aromatic carbocycles. The maximum absolute atomic E-state index is 13.0. The second-order valence-electron chi connectivity index (χ2n) is 9.54. The third-order valence-electron chi connectivity index (χ3n) is 6.04. The van der Waals surface area contributed by atoms with Gasteiger partial charge in [0.25, 0.3) is 5.91 Å². The fourth-order valence-corrected chi connectivity index (χ4v) is 4.17. The molecule has 1 fully saturated rings. The van der Waals surface area contributed by atoms with Gasteiger partial charge in [0.15, 0.2) is 0 Å².